The van der Waals surface area contributed by atoms with Crippen LogP contribution in [0.5, 0.6) is 11.5 Å². The lowest BCUT2D eigenvalue weighted by Gasteiger charge is -2.13. The average Bonchev–Trinajstić information content (AvgIpc) is 3.13. The third-order valence-corrected chi connectivity index (χ3v) is 5.97. The van der Waals surface area contributed by atoms with Gasteiger partial charge in [0.1, 0.15) is 18.1 Å². The summed E-state index contributed by atoms with van der Waals surface area (Å²) in [4.78, 5) is 13.0. The molecule has 0 aliphatic rings. The van der Waals surface area contributed by atoms with Gasteiger partial charge in [-0.3, -0.25) is 4.79 Å². The first kappa shape index (κ1) is 20.4. The monoisotopic (exact) mass is 456 g/mol. The molecule has 0 radical (unpaired) electrons. The second-order valence-electron chi connectivity index (χ2n) is 6.46. The first-order valence-corrected chi connectivity index (χ1v) is 10.5. The molecular weight excluding hydrogens is 436 g/mol. The van der Waals surface area contributed by atoms with E-state index in [0.29, 0.717) is 11.5 Å². The molecular formula is C23H21BrO3S. The van der Waals surface area contributed by atoms with Crippen molar-refractivity contribution in [1.29, 1.82) is 0 Å². The number of carbonyl (C=O) groups excluding carboxylic acids is 1. The lowest BCUT2D eigenvalue weighted by Crippen LogP contribution is -2.00. The molecule has 5 heteroatoms. The van der Waals surface area contributed by atoms with Gasteiger partial charge in [-0.15, -0.1) is 11.3 Å². The normalized spacial score (nSPS) is 11.0. The standard InChI is InChI=1S/C23H21BrO3S/c1-15-4-5-16(2)22(10-15)27-13-18-11-17(7-9-21(18)26-3)6-8-20(25)23-12-19(24)14-28-23/h4-12,14H,13H2,1-3H3/b8-6+. The predicted octanol–water partition coefficient (Wildman–Crippen LogP) is 6.61. The van der Waals surface area contributed by atoms with E-state index in [1.165, 1.54) is 11.3 Å². The Kier molecular flexibility index (Phi) is 6.70. The molecule has 0 amide bonds. The molecule has 0 spiro atoms. The van der Waals surface area contributed by atoms with Crippen LogP contribution in [0, 0.1) is 13.8 Å². The number of hydrogen-bond donors (Lipinski definition) is 0. The fourth-order valence-electron chi connectivity index (χ4n) is 2.73. The molecule has 0 aliphatic carbocycles. The Labute approximate surface area is 177 Å². The van der Waals surface area contributed by atoms with Crippen LogP contribution >= 0.6 is 27.3 Å². The van der Waals surface area contributed by atoms with E-state index in [2.05, 4.69) is 28.1 Å². The molecule has 3 aromatic rings. The highest BCUT2D eigenvalue weighted by Crippen LogP contribution is 2.26. The molecule has 2 aromatic carbocycles. The number of hydrogen-bond acceptors (Lipinski definition) is 4. The van der Waals surface area contributed by atoms with E-state index in [1.807, 2.05) is 55.6 Å². The van der Waals surface area contributed by atoms with Crippen LogP contribution in [0.1, 0.15) is 31.9 Å². The smallest absolute Gasteiger partial charge is 0.195 e. The Hall–Kier alpha value is -2.37. The van der Waals surface area contributed by atoms with Crippen LogP contribution < -0.4 is 9.47 Å². The van der Waals surface area contributed by atoms with Crippen molar-refractivity contribution in [1.82, 2.24) is 0 Å². The maximum absolute atomic E-state index is 12.3. The number of ether oxygens (including phenoxy) is 2. The Balaban J connectivity index is 1.77. The quantitative estimate of drug-likeness (QED) is 0.296. The summed E-state index contributed by atoms with van der Waals surface area (Å²) < 4.78 is 12.4. The molecule has 1 heterocycles. The fourth-order valence-corrected chi connectivity index (χ4v) is 4.08. The number of allylic oxidation sites excluding steroid dienone is 1. The maximum Gasteiger partial charge on any atom is 0.195 e. The van der Waals surface area contributed by atoms with Gasteiger partial charge in [0.15, 0.2) is 5.78 Å². The molecule has 0 fully saturated rings. The van der Waals surface area contributed by atoms with E-state index in [9.17, 15) is 4.79 Å². The summed E-state index contributed by atoms with van der Waals surface area (Å²) in [6, 6.07) is 13.8. The van der Waals surface area contributed by atoms with Crippen molar-refractivity contribution in [3.8, 4) is 11.5 Å². The van der Waals surface area contributed by atoms with E-state index in [4.69, 9.17) is 9.47 Å². The van der Waals surface area contributed by atoms with E-state index < -0.39 is 0 Å². The Morgan fingerprint density at radius 2 is 1.93 bits per heavy atom. The molecule has 28 heavy (non-hydrogen) atoms. The van der Waals surface area contributed by atoms with Crippen molar-refractivity contribution in [2.75, 3.05) is 7.11 Å². The minimum Gasteiger partial charge on any atom is -0.496 e. The van der Waals surface area contributed by atoms with E-state index >= 15 is 0 Å². The fraction of sp³-hybridized carbons (Fsp3) is 0.174. The third kappa shape index (κ3) is 5.12. The van der Waals surface area contributed by atoms with Crippen molar-refractivity contribution in [2.24, 2.45) is 0 Å². The predicted molar refractivity (Wildman–Crippen MR) is 119 cm³/mol. The molecule has 3 rings (SSSR count). The van der Waals surface area contributed by atoms with Crippen LogP contribution in [-0.2, 0) is 6.61 Å². The maximum atomic E-state index is 12.3. The van der Waals surface area contributed by atoms with Crippen LogP contribution in [-0.4, -0.2) is 12.9 Å². The zero-order valence-electron chi connectivity index (χ0n) is 16.0. The molecule has 3 nitrogen and oxygen atoms in total. The number of benzene rings is 2. The summed E-state index contributed by atoms with van der Waals surface area (Å²) in [7, 11) is 1.64. The number of halogens is 1. The van der Waals surface area contributed by atoms with Crippen molar-refractivity contribution in [2.45, 2.75) is 20.5 Å². The van der Waals surface area contributed by atoms with Gasteiger partial charge >= 0.3 is 0 Å². The number of methoxy groups -OCH3 is 1. The molecule has 0 N–H and O–H groups in total. The molecule has 0 saturated heterocycles. The lowest BCUT2D eigenvalue weighted by atomic mass is 10.1. The first-order chi connectivity index (χ1) is 13.5. The topological polar surface area (TPSA) is 35.5 Å². The number of thiophene rings is 1. The van der Waals surface area contributed by atoms with E-state index in [0.717, 1.165) is 38.2 Å². The minimum absolute atomic E-state index is 0.0142. The Morgan fingerprint density at radius 3 is 2.64 bits per heavy atom. The van der Waals surface area contributed by atoms with Crippen molar-refractivity contribution in [3.63, 3.8) is 0 Å². The summed E-state index contributed by atoms with van der Waals surface area (Å²) in [5, 5.41) is 1.90. The molecule has 0 unspecified atom stereocenters. The van der Waals surface area contributed by atoms with Crippen LogP contribution in [0.15, 0.2) is 58.4 Å². The average molecular weight is 457 g/mol. The highest BCUT2D eigenvalue weighted by Gasteiger charge is 2.08. The number of carbonyl (C=O) groups is 1. The van der Waals surface area contributed by atoms with Gasteiger partial charge in [0, 0.05) is 15.4 Å². The van der Waals surface area contributed by atoms with Gasteiger partial charge < -0.3 is 9.47 Å². The zero-order valence-corrected chi connectivity index (χ0v) is 18.4. The van der Waals surface area contributed by atoms with Crippen molar-refractivity contribution >= 4 is 39.1 Å². The second kappa shape index (κ2) is 9.22. The zero-order chi connectivity index (χ0) is 20.1. The van der Waals surface area contributed by atoms with E-state index in [-0.39, 0.29) is 5.78 Å². The molecule has 0 atom stereocenters. The van der Waals surface area contributed by atoms with Gasteiger partial charge in [0.2, 0.25) is 0 Å². The van der Waals surface area contributed by atoms with Crippen molar-refractivity contribution in [3.05, 3.63) is 85.5 Å². The van der Waals surface area contributed by atoms with Gasteiger partial charge in [-0.2, -0.15) is 0 Å². The molecule has 0 aliphatic heterocycles. The molecule has 144 valence electrons. The largest absolute Gasteiger partial charge is 0.496 e. The number of ketones is 1. The Morgan fingerprint density at radius 1 is 1.11 bits per heavy atom. The van der Waals surface area contributed by atoms with Gasteiger partial charge in [0.05, 0.1) is 12.0 Å². The number of rotatable bonds is 7. The molecule has 1 aromatic heterocycles. The lowest BCUT2D eigenvalue weighted by molar-refractivity contribution is 0.105. The van der Waals surface area contributed by atoms with E-state index in [1.54, 1.807) is 13.2 Å². The van der Waals surface area contributed by atoms with Crippen LogP contribution in [0.2, 0.25) is 0 Å². The molecule has 0 bridgehead atoms. The number of aryl methyl sites for hydroxylation is 2. The highest BCUT2D eigenvalue weighted by atomic mass is 79.9. The van der Waals surface area contributed by atoms with Crippen molar-refractivity contribution < 1.29 is 14.3 Å². The summed E-state index contributed by atoms with van der Waals surface area (Å²) in [5.74, 6) is 1.61. The second-order valence-corrected chi connectivity index (χ2v) is 8.28. The van der Waals surface area contributed by atoms with Crippen LogP contribution in [0.25, 0.3) is 6.08 Å². The van der Waals surface area contributed by atoms with Crippen LogP contribution in [0.4, 0.5) is 0 Å². The Bertz CT molecular complexity index is 1020. The van der Waals surface area contributed by atoms with Crippen LogP contribution in [0.3, 0.4) is 0 Å². The molecule has 0 saturated carbocycles. The van der Waals surface area contributed by atoms with Gasteiger partial charge in [-0.1, -0.05) is 24.3 Å². The minimum atomic E-state index is -0.0142. The highest BCUT2D eigenvalue weighted by molar-refractivity contribution is 9.10. The SMILES string of the molecule is COc1ccc(/C=C/C(=O)c2cc(Br)cs2)cc1COc1cc(C)ccc1C. The summed E-state index contributed by atoms with van der Waals surface area (Å²) in [6.45, 7) is 4.46. The van der Waals surface area contributed by atoms with Gasteiger partial charge in [0.25, 0.3) is 0 Å². The summed E-state index contributed by atoms with van der Waals surface area (Å²) >= 11 is 4.80. The van der Waals surface area contributed by atoms with Gasteiger partial charge in [-0.05, 0) is 76.8 Å². The first-order valence-electron chi connectivity index (χ1n) is 8.79. The summed E-state index contributed by atoms with van der Waals surface area (Å²) in [6.07, 6.45) is 3.41. The summed E-state index contributed by atoms with van der Waals surface area (Å²) in [5.41, 5.74) is 4.09. The van der Waals surface area contributed by atoms with Gasteiger partial charge in [-0.25, -0.2) is 0 Å². The third-order valence-electron chi connectivity index (χ3n) is 4.27.